The van der Waals surface area contributed by atoms with Crippen LogP contribution in [0, 0.1) is 0 Å². The van der Waals surface area contributed by atoms with Crippen LogP contribution in [0.2, 0.25) is 0 Å². The van der Waals surface area contributed by atoms with Gasteiger partial charge in [-0.2, -0.15) is 0 Å². The molecule has 0 amide bonds. The lowest BCUT2D eigenvalue weighted by Gasteiger charge is -2.27. The molecular formula is C44H33NOS. The third-order valence-corrected chi connectivity index (χ3v) is 11.6. The minimum atomic E-state index is 0.706. The lowest BCUT2D eigenvalue weighted by molar-refractivity contribution is 0.444. The van der Waals surface area contributed by atoms with Crippen molar-refractivity contribution in [3.8, 4) is 0 Å². The van der Waals surface area contributed by atoms with Gasteiger partial charge in [0.1, 0.15) is 11.2 Å². The lowest BCUT2D eigenvalue weighted by Crippen LogP contribution is -2.10. The zero-order chi connectivity index (χ0) is 30.9. The third-order valence-electron chi connectivity index (χ3n) is 10.4. The second kappa shape index (κ2) is 10.7. The van der Waals surface area contributed by atoms with Crippen molar-refractivity contribution >= 4 is 92.1 Å². The third kappa shape index (κ3) is 4.30. The van der Waals surface area contributed by atoms with E-state index in [0.29, 0.717) is 5.92 Å². The number of hydrogen-bond acceptors (Lipinski definition) is 3. The summed E-state index contributed by atoms with van der Waals surface area (Å²) >= 11 is 1.86. The maximum Gasteiger partial charge on any atom is 0.137 e. The summed E-state index contributed by atoms with van der Waals surface area (Å²) in [7, 11) is 0. The van der Waals surface area contributed by atoms with Crippen molar-refractivity contribution in [3.63, 3.8) is 0 Å². The van der Waals surface area contributed by atoms with Gasteiger partial charge in [-0.05, 0) is 94.4 Å². The van der Waals surface area contributed by atoms with E-state index in [1.807, 2.05) is 17.4 Å². The Balaban J connectivity index is 1.22. The van der Waals surface area contributed by atoms with Crippen molar-refractivity contribution in [2.24, 2.45) is 0 Å². The normalized spacial score (nSPS) is 14.3. The Kier molecular flexibility index (Phi) is 6.17. The van der Waals surface area contributed by atoms with Crippen LogP contribution in [0.25, 0.3) is 63.7 Å². The summed E-state index contributed by atoms with van der Waals surface area (Å²) in [6, 6.07) is 49.3. The first-order chi connectivity index (χ1) is 23.3. The Bertz CT molecular complexity index is 2520. The molecule has 0 spiro atoms. The number of benzene rings is 7. The second-order valence-corrected chi connectivity index (χ2v) is 14.2. The van der Waals surface area contributed by atoms with E-state index in [0.717, 1.165) is 33.3 Å². The number of fused-ring (bicyclic) bond motifs is 9. The summed E-state index contributed by atoms with van der Waals surface area (Å²) in [5.74, 6) is 0.706. The van der Waals surface area contributed by atoms with E-state index in [2.05, 4.69) is 132 Å². The maximum atomic E-state index is 6.40. The Hall–Kier alpha value is -5.12. The fraction of sp³-hybridized carbons (Fsp3) is 0.136. The van der Waals surface area contributed by atoms with Crippen molar-refractivity contribution in [1.29, 1.82) is 0 Å². The number of furan rings is 1. The molecule has 0 radical (unpaired) electrons. The van der Waals surface area contributed by atoms with Gasteiger partial charge < -0.3 is 9.32 Å². The van der Waals surface area contributed by atoms with Gasteiger partial charge in [0.15, 0.2) is 0 Å². The summed E-state index contributed by atoms with van der Waals surface area (Å²) in [5.41, 5.74) is 6.75. The van der Waals surface area contributed by atoms with Gasteiger partial charge >= 0.3 is 0 Å². The number of anilines is 3. The van der Waals surface area contributed by atoms with E-state index in [4.69, 9.17) is 4.42 Å². The largest absolute Gasteiger partial charge is 0.456 e. The highest BCUT2D eigenvalue weighted by atomic mass is 32.1. The first-order valence-corrected chi connectivity index (χ1v) is 17.7. The van der Waals surface area contributed by atoms with Gasteiger partial charge in [-0.15, -0.1) is 11.3 Å². The Labute approximate surface area is 277 Å². The van der Waals surface area contributed by atoms with E-state index in [9.17, 15) is 0 Å². The van der Waals surface area contributed by atoms with Crippen LogP contribution in [0.15, 0.2) is 138 Å². The maximum absolute atomic E-state index is 6.40. The highest BCUT2D eigenvalue weighted by molar-refractivity contribution is 7.26. The molecule has 1 aliphatic rings. The Morgan fingerprint density at radius 1 is 0.511 bits per heavy atom. The van der Waals surface area contributed by atoms with Gasteiger partial charge in [0.2, 0.25) is 0 Å². The molecule has 10 rings (SSSR count). The van der Waals surface area contributed by atoms with Crippen LogP contribution in [-0.4, -0.2) is 0 Å². The fourth-order valence-corrected chi connectivity index (χ4v) is 9.33. The highest BCUT2D eigenvalue weighted by Crippen LogP contribution is 2.48. The van der Waals surface area contributed by atoms with Gasteiger partial charge in [-0.25, -0.2) is 0 Å². The molecule has 1 fully saturated rings. The number of thiophene rings is 1. The van der Waals surface area contributed by atoms with Crippen LogP contribution in [0.1, 0.15) is 43.6 Å². The van der Waals surface area contributed by atoms with Crippen LogP contribution in [0.5, 0.6) is 0 Å². The molecule has 0 unspecified atom stereocenters. The predicted molar refractivity (Wildman–Crippen MR) is 202 cm³/mol. The molecule has 0 aliphatic heterocycles. The van der Waals surface area contributed by atoms with Crippen LogP contribution in [-0.2, 0) is 0 Å². The van der Waals surface area contributed by atoms with E-state index in [1.165, 1.54) is 85.1 Å². The monoisotopic (exact) mass is 623 g/mol. The molecule has 2 heterocycles. The minimum absolute atomic E-state index is 0.706. The summed E-state index contributed by atoms with van der Waals surface area (Å²) in [6.45, 7) is 0. The van der Waals surface area contributed by atoms with Crippen molar-refractivity contribution in [2.45, 2.75) is 38.0 Å². The summed E-state index contributed by atoms with van der Waals surface area (Å²) < 4.78 is 9.00. The molecule has 47 heavy (non-hydrogen) atoms. The van der Waals surface area contributed by atoms with Crippen molar-refractivity contribution in [3.05, 3.63) is 139 Å². The van der Waals surface area contributed by atoms with E-state index in [-0.39, 0.29) is 0 Å². The number of hydrogen-bond donors (Lipinski definition) is 0. The number of nitrogens with zero attached hydrogens (tertiary/aromatic N) is 1. The summed E-state index contributed by atoms with van der Waals surface area (Å²) in [6.07, 6.45) is 6.75. The minimum Gasteiger partial charge on any atom is -0.456 e. The molecule has 0 atom stereocenters. The molecule has 9 aromatic rings. The number of para-hydroxylation sites is 1. The van der Waals surface area contributed by atoms with E-state index < -0.39 is 0 Å². The Morgan fingerprint density at radius 2 is 1.19 bits per heavy atom. The summed E-state index contributed by atoms with van der Waals surface area (Å²) in [5, 5.41) is 10.1. The zero-order valence-electron chi connectivity index (χ0n) is 26.1. The molecule has 2 aromatic heterocycles. The topological polar surface area (TPSA) is 16.4 Å². The average molecular weight is 624 g/mol. The molecule has 1 aliphatic carbocycles. The SMILES string of the molecule is c1ccc2c(c1)oc1cccc(N(c3ccc4c(ccc5cc(C6CCCCC6)ccc54)c3)c3cccc4sc5ccccc5c34)c12. The molecule has 0 N–H and O–H groups in total. The van der Waals surface area contributed by atoms with Crippen LogP contribution in [0.3, 0.4) is 0 Å². The zero-order valence-corrected chi connectivity index (χ0v) is 26.9. The predicted octanol–water partition coefficient (Wildman–Crippen LogP) is 13.8. The molecule has 226 valence electrons. The molecular weight excluding hydrogens is 591 g/mol. The molecule has 1 saturated carbocycles. The van der Waals surface area contributed by atoms with Gasteiger partial charge in [-0.3, -0.25) is 0 Å². The second-order valence-electron chi connectivity index (χ2n) is 13.1. The lowest BCUT2D eigenvalue weighted by atomic mass is 9.83. The average Bonchev–Trinajstić information content (AvgIpc) is 3.71. The quantitative estimate of drug-likeness (QED) is 0.181. The first kappa shape index (κ1) is 27.0. The van der Waals surface area contributed by atoms with Crippen LogP contribution >= 0.6 is 11.3 Å². The fourth-order valence-electron chi connectivity index (χ4n) is 8.20. The van der Waals surface area contributed by atoms with Crippen molar-refractivity contribution in [1.82, 2.24) is 0 Å². The van der Waals surface area contributed by atoms with Gasteiger partial charge in [-0.1, -0.05) is 104 Å². The molecule has 2 nitrogen and oxygen atoms in total. The Morgan fingerprint density at radius 3 is 2.06 bits per heavy atom. The molecule has 3 heteroatoms. The standard InChI is InChI=1S/C44H33NOS/c1-2-10-28(11-3-1)29-22-24-33-30(26-29)20-21-31-27-32(23-25-34(31)33)45(37-14-8-17-40-43(37)35-12-4-6-16-39(35)46-40)38-15-9-19-42-44(38)36-13-5-7-18-41(36)47-42/h4-9,12-28H,1-3,10-11H2. The molecule has 0 bridgehead atoms. The van der Waals surface area contributed by atoms with Crippen LogP contribution in [0.4, 0.5) is 17.1 Å². The van der Waals surface area contributed by atoms with Gasteiger partial charge in [0.05, 0.1) is 16.8 Å². The smallest absolute Gasteiger partial charge is 0.137 e. The molecule has 7 aromatic carbocycles. The molecule has 0 saturated heterocycles. The summed E-state index contributed by atoms with van der Waals surface area (Å²) in [4.78, 5) is 2.46. The van der Waals surface area contributed by atoms with Gasteiger partial charge in [0, 0.05) is 31.2 Å². The first-order valence-electron chi connectivity index (χ1n) is 16.9. The van der Waals surface area contributed by atoms with E-state index in [1.54, 1.807) is 0 Å². The van der Waals surface area contributed by atoms with Crippen LogP contribution < -0.4 is 4.90 Å². The van der Waals surface area contributed by atoms with Gasteiger partial charge in [0.25, 0.3) is 0 Å². The number of rotatable bonds is 4. The van der Waals surface area contributed by atoms with E-state index >= 15 is 0 Å². The van der Waals surface area contributed by atoms with Crippen molar-refractivity contribution < 1.29 is 4.42 Å². The van der Waals surface area contributed by atoms with Crippen molar-refractivity contribution in [2.75, 3.05) is 4.90 Å². The highest BCUT2D eigenvalue weighted by Gasteiger charge is 2.23.